The Morgan fingerprint density at radius 2 is 1.95 bits per heavy atom. The van der Waals surface area contributed by atoms with Gasteiger partial charge in [-0.05, 0) is 17.0 Å². The molecule has 0 saturated carbocycles. The van der Waals surface area contributed by atoms with Crippen LogP contribution in [0, 0.1) is 11.2 Å². The van der Waals surface area contributed by atoms with Crippen molar-refractivity contribution >= 4 is 5.97 Å². The summed E-state index contributed by atoms with van der Waals surface area (Å²) in [6.45, 7) is 3.64. The van der Waals surface area contributed by atoms with E-state index >= 15 is 0 Å². The topological polar surface area (TPSA) is 76.2 Å². The van der Waals surface area contributed by atoms with Crippen LogP contribution in [0.4, 0.5) is 4.39 Å². The van der Waals surface area contributed by atoms with Gasteiger partial charge in [-0.25, -0.2) is 4.39 Å². The molecule has 6 heteroatoms. The number of benzene rings is 1. The van der Waals surface area contributed by atoms with Crippen molar-refractivity contribution in [2.75, 3.05) is 0 Å². The first-order chi connectivity index (χ1) is 9.85. The monoisotopic (exact) mass is 292 g/mol. The van der Waals surface area contributed by atoms with Gasteiger partial charge in [0.2, 0.25) is 11.8 Å². The highest BCUT2D eigenvalue weighted by Crippen LogP contribution is 2.25. The number of rotatable bonds is 6. The zero-order valence-corrected chi connectivity index (χ0v) is 12.0. The van der Waals surface area contributed by atoms with Crippen LogP contribution < -0.4 is 0 Å². The van der Waals surface area contributed by atoms with Crippen LogP contribution in [-0.2, 0) is 17.6 Å². The van der Waals surface area contributed by atoms with E-state index in [-0.39, 0.29) is 18.7 Å². The van der Waals surface area contributed by atoms with Gasteiger partial charge >= 0.3 is 5.97 Å². The average Bonchev–Trinajstić information content (AvgIpc) is 2.77. The van der Waals surface area contributed by atoms with Gasteiger partial charge in [-0.15, -0.1) is 10.2 Å². The van der Waals surface area contributed by atoms with Crippen molar-refractivity contribution in [1.29, 1.82) is 0 Å². The van der Waals surface area contributed by atoms with E-state index < -0.39 is 11.4 Å². The molecule has 0 spiro atoms. The van der Waals surface area contributed by atoms with Crippen LogP contribution >= 0.6 is 0 Å². The van der Waals surface area contributed by atoms with Crippen molar-refractivity contribution in [2.24, 2.45) is 5.41 Å². The summed E-state index contributed by atoms with van der Waals surface area (Å²) in [5.41, 5.74) is 0.00525. The largest absolute Gasteiger partial charge is 0.481 e. The summed E-state index contributed by atoms with van der Waals surface area (Å²) < 4.78 is 19.0. The predicted octanol–water partition coefficient (Wildman–Crippen LogP) is 2.84. The maximum absolute atomic E-state index is 13.5. The summed E-state index contributed by atoms with van der Waals surface area (Å²) in [6.07, 6.45) is 0.598. The number of carbonyl (C=O) groups is 1. The van der Waals surface area contributed by atoms with Gasteiger partial charge in [0.05, 0.1) is 12.8 Å². The van der Waals surface area contributed by atoms with Gasteiger partial charge in [0.15, 0.2) is 0 Å². The fraction of sp³-hybridized carbons (Fsp3) is 0.400. The van der Waals surface area contributed by atoms with E-state index in [1.807, 2.05) is 13.8 Å². The smallest absolute Gasteiger partial charge is 0.303 e. The Balaban J connectivity index is 2.05. The molecule has 0 atom stereocenters. The third kappa shape index (κ3) is 4.37. The van der Waals surface area contributed by atoms with Crippen molar-refractivity contribution in [1.82, 2.24) is 10.2 Å². The van der Waals surface area contributed by atoms with Crippen molar-refractivity contribution < 1.29 is 18.7 Å². The highest BCUT2D eigenvalue weighted by atomic mass is 19.1. The fourth-order valence-electron chi connectivity index (χ4n) is 2.12. The zero-order chi connectivity index (χ0) is 15.5. The summed E-state index contributed by atoms with van der Waals surface area (Å²) in [6, 6.07) is 6.40. The molecule has 0 bridgehead atoms. The Bertz CT molecular complexity index is 637. The van der Waals surface area contributed by atoms with Crippen LogP contribution in [0.25, 0.3) is 0 Å². The van der Waals surface area contributed by atoms with E-state index in [0.29, 0.717) is 23.8 Å². The molecule has 0 radical (unpaired) electrons. The number of aromatic nitrogens is 2. The minimum atomic E-state index is -0.869. The lowest BCUT2D eigenvalue weighted by atomic mass is 9.86. The highest BCUT2D eigenvalue weighted by molar-refractivity contribution is 5.67. The molecular formula is C15H17FN2O3. The Hall–Kier alpha value is -2.24. The van der Waals surface area contributed by atoms with E-state index in [2.05, 4.69) is 10.2 Å². The maximum Gasteiger partial charge on any atom is 0.303 e. The molecular weight excluding hydrogens is 275 g/mol. The van der Waals surface area contributed by atoms with Crippen LogP contribution in [0.5, 0.6) is 0 Å². The van der Waals surface area contributed by atoms with E-state index in [9.17, 15) is 9.18 Å². The average molecular weight is 292 g/mol. The Morgan fingerprint density at radius 3 is 2.62 bits per heavy atom. The van der Waals surface area contributed by atoms with Gasteiger partial charge in [0.25, 0.3) is 0 Å². The lowest BCUT2D eigenvalue weighted by Crippen LogP contribution is -2.19. The van der Waals surface area contributed by atoms with Gasteiger partial charge in [-0.3, -0.25) is 4.79 Å². The van der Waals surface area contributed by atoms with E-state index in [1.165, 1.54) is 6.07 Å². The van der Waals surface area contributed by atoms with Gasteiger partial charge in [0.1, 0.15) is 5.82 Å². The lowest BCUT2D eigenvalue weighted by Gasteiger charge is -2.19. The standard InChI is InChI=1S/C15H17FN2O3/c1-15(2,9-14(19)20)8-13-18-17-12(21-13)7-10-5-3-4-6-11(10)16/h3-6H,7-9H2,1-2H3,(H,19,20). The van der Waals surface area contributed by atoms with Gasteiger partial charge in [0, 0.05) is 6.42 Å². The molecule has 1 heterocycles. The number of hydrogen-bond acceptors (Lipinski definition) is 4. The maximum atomic E-state index is 13.5. The first-order valence-electron chi connectivity index (χ1n) is 6.62. The second-order valence-electron chi connectivity index (χ2n) is 5.77. The SMILES string of the molecule is CC(C)(CC(=O)O)Cc1nnc(Cc2ccccc2F)o1. The minimum absolute atomic E-state index is 0.0119. The number of carboxylic acids is 1. The molecule has 1 aromatic carbocycles. The third-order valence-electron chi connectivity index (χ3n) is 3.07. The highest BCUT2D eigenvalue weighted by Gasteiger charge is 2.25. The summed E-state index contributed by atoms with van der Waals surface area (Å²) >= 11 is 0. The second kappa shape index (κ2) is 6.03. The molecule has 1 N–H and O–H groups in total. The predicted molar refractivity (Wildman–Crippen MR) is 73.2 cm³/mol. The van der Waals surface area contributed by atoms with Crippen molar-refractivity contribution in [3.8, 4) is 0 Å². The molecule has 0 unspecified atom stereocenters. The number of carboxylic acid groups (broad SMARTS) is 1. The van der Waals surface area contributed by atoms with Gasteiger partial charge in [-0.1, -0.05) is 32.0 Å². The van der Waals surface area contributed by atoms with Crippen molar-refractivity contribution in [2.45, 2.75) is 33.1 Å². The van der Waals surface area contributed by atoms with Gasteiger partial charge < -0.3 is 9.52 Å². The summed E-state index contributed by atoms with van der Waals surface area (Å²) in [7, 11) is 0. The number of nitrogens with zero attached hydrogens (tertiary/aromatic N) is 2. The minimum Gasteiger partial charge on any atom is -0.481 e. The van der Waals surface area contributed by atoms with Crippen molar-refractivity contribution in [3.05, 3.63) is 47.4 Å². The molecule has 112 valence electrons. The van der Waals surface area contributed by atoms with Crippen LogP contribution in [0.15, 0.2) is 28.7 Å². The zero-order valence-electron chi connectivity index (χ0n) is 12.0. The number of halogens is 1. The molecule has 0 aliphatic carbocycles. The van der Waals surface area contributed by atoms with E-state index in [0.717, 1.165) is 0 Å². The molecule has 0 saturated heterocycles. The molecule has 5 nitrogen and oxygen atoms in total. The normalized spacial score (nSPS) is 11.6. The second-order valence-corrected chi connectivity index (χ2v) is 5.77. The molecule has 0 aliphatic rings. The Labute approximate surface area is 121 Å². The molecule has 2 rings (SSSR count). The van der Waals surface area contributed by atoms with Crippen LogP contribution in [0.3, 0.4) is 0 Å². The molecule has 0 fully saturated rings. The first kappa shape index (κ1) is 15.2. The lowest BCUT2D eigenvalue weighted by molar-refractivity contribution is -0.139. The van der Waals surface area contributed by atoms with Crippen LogP contribution in [0.2, 0.25) is 0 Å². The summed E-state index contributed by atoms with van der Waals surface area (Å²) in [4.78, 5) is 10.8. The summed E-state index contributed by atoms with van der Waals surface area (Å²) in [5.74, 6) is -0.497. The molecule has 1 aromatic heterocycles. The number of aliphatic carboxylic acids is 1. The fourth-order valence-corrected chi connectivity index (χ4v) is 2.12. The Morgan fingerprint density at radius 1 is 1.29 bits per heavy atom. The van der Waals surface area contributed by atoms with Crippen molar-refractivity contribution in [3.63, 3.8) is 0 Å². The summed E-state index contributed by atoms with van der Waals surface area (Å²) in [5, 5.41) is 16.6. The molecule has 0 aliphatic heterocycles. The third-order valence-corrected chi connectivity index (χ3v) is 3.07. The van der Waals surface area contributed by atoms with E-state index in [4.69, 9.17) is 9.52 Å². The first-order valence-corrected chi connectivity index (χ1v) is 6.62. The quantitative estimate of drug-likeness (QED) is 0.886. The molecule has 21 heavy (non-hydrogen) atoms. The van der Waals surface area contributed by atoms with Crippen LogP contribution in [0.1, 0.15) is 37.6 Å². The van der Waals surface area contributed by atoms with Gasteiger partial charge in [-0.2, -0.15) is 0 Å². The van der Waals surface area contributed by atoms with Crippen LogP contribution in [-0.4, -0.2) is 21.3 Å². The number of hydrogen-bond donors (Lipinski definition) is 1. The molecule has 0 amide bonds. The van der Waals surface area contributed by atoms with E-state index in [1.54, 1.807) is 18.2 Å². The molecule has 2 aromatic rings. The Kier molecular flexibility index (Phi) is 4.35.